The molecule has 0 atom stereocenters. The minimum Gasteiger partial charge on any atom is -0.478 e. The molecule has 1 aliphatic rings. The van der Waals surface area contributed by atoms with Crippen LogP contribution in [-0.2, 0) is 0 Å². The minimum atomic E-state index is -1.17. The van der Waals surface area contributed by atoms with Crippen molar-refractivity contribution in [2.45, 2.75) is 19.3 Å². The molecule has 0 aromatic heterocycles. The van der Waals surface area contributed by atoms with Crippen LogP contribution in [0.3, 0.4) is 0 Å². The number of hydrogen-bond donors (Lipinski definition) is 2. The number of carboxylic acids is 1. The largest absolute Gasteiger partial charge is 0.478 e. The normalized spacial score (nSPS) is 13.8. The molecule has 0 aliphatic carbocycles. The van der Waals surface area contributed by atoms with Crippen LogP contribution < -0.4 is 10.2 Å². The van der Waals surface area contributed by atoms with E-state index in [2.05, 4.69) is 5.32 Å². The Kier molecular flexibility index (Phi) is 5.79. The van der Waals surface area contributed by atoms with Gasteiger partial charge in [-0.15, -0.1) is 0 Å². The van der Waals surface area contributed by atoms with E-state index in [1.165, 1.54) is 24.3 Å². The Morgan fingerprint density at radius 2 is 1.82 bits per heavy atom. The van der Waals surface area contributed by atoms with Gasteiger partial charge in [-0.2, -0.15) is 0 Å². The molecule has 9 heteroatoms. The summed E-state index contributed by atoms with van der Waals surface area (Å²) in [6.07, 6.45) is 3.06. The molecule has 1 saturated heterocycles. The molecule has 146 valence electrons. The molecule has 1 amide bonds. The van der Waals surface area contributed by atoms with Crippen LogP contribution in [0.2, 0.25) is 5.02 Å². The van der Waals surface area contributed by atoms with E-state index >= 15 is 0 Å². The zero-order chi connectivity index (χ0) is 20.3. The van der Waals surface area contributed by atoms with Crippen molar-refractivity contribution in [3.05, 3.63) is 62.7 Å². The molecule has 3 rings (SSSR count). The van der Waals surface area contributed by atoms with E-state index in [9.17, 15) is 19.7 Å². The van der Waals surface area contributed by atoms with Gasteiger partial charge in [-0.3, -0.25) is 14.9 Å². The second kappa shape index (κ2) is 8.26. The van der Waals surface area contributed by atoms with E-state index in [-0.39, 0.29) is 21.8 Å². The van der Waals surface area contributed by atoms with Gasteiger partial charge in [-0.1, -0.05) is 11.6 Å². The summed E-state index contributed by atoms with van der Waals surface area (Å²) in [7, 11) is 0. The smallest absolute Gasteiger partial charge is 0.337 e. The number of benzene rings is 2. The van der Waals surface area contributed by atoms with Crippen LogP contribution in [0.15, 0.2) is 36.4 Å². The van der Waals surface area contributed by atoms with Crippen LogP contribution in [0, 0.1) is 10.1 Å². The minimum absolute atomic E-state index is 0.0169. The second-order valence-corrected chi connectivity index (χ2v) is 6.87. The topological polar surface area (TPSA) is 113 Å². The first kappa shape index (κ1) is 19.6. The number of anilines is 2. The summed E-state index contributed by atoms with van der Waals surface area (Å²) < 4.78 is 0. The highest BCUT2D eigenvalue weighted by Crippen LogP contribution is 2.31. The molecule has 28 heavy (non-hydrogen) atoms. The van der Waals surface area contributed by atoms with Gasteiger partial charge in [0.1, 0.15) is 5.69 Å². The Morgan fingerprint density at radius 3 is 2.43 bits per heavy atom. The van der Waals surface area contributed by atoms with E-state index in [1.54, 1.807) is 12.1 Å². The fourth-order valence-electron chi connectivity index (χ4n) is 3.18. The summed E-state index contributed by atoms with van der Waals surface area (Å²) in [5, 5.41) is 23.1. The van der Waals surface area contributed by atoms with Crippen molar-refractivity contribution in [2.24, 2.45) is 0 Å². The number of carboxylic acid groups (broad SMARTS) is 1. The third-order valence-corrected chi connectivity index (χ3v) is 4.90. The van der Waals surface area contributed by atoms with E-state index in [1.807, 2.05) is 4.90 Å². The quantitative estimate of drug-likeness (QED) is 0.571. The second-order valence-electron chi connectivity index (χ2n) is 6.46. The molecule has 8 nitrogen and oxygen atoms in total. The number of carbonyl (C=O) groups excluding carboxylic acids is 1. The molecule has 2 aromatic carbocycles. The molecule has 2 N–H and O–H groups in total. The molecule has 2 aromatic rings. The summed E-state index contributed by atoms with van der Waals surface area (Å²) in [6.45, 7) is 1.50. The summed E-state index contributed by atoms with van der Waals surface area (Å²) in [5.41, 5.74) is 0.735. The van der Waals surface area contributed by atoms with Gasteiger partial charge in [0.15, 0.2) is 0 Å². The van der Waals surface area contributed by atoms with Crippen molar-refractivity contribution in [2.75, 3.05) is 23.3 Å². The lowest BCUT2D eigenvalue weighted by Crippen LogP contribution is -2.30. The zero-order valence-corrected chi connectivity index (χ0v) is 15.6. The Bertz CT molecular complexity index is 941. The summed E-state index contributed by atoms with van der Waals surface area (Å²) in [4.78, 5) is 36.5. The van der Waals surface area contributed by atoms with Gasteiger partial charge in [0.25, 0.3) is 11.6 Å². The van der Waals surface area contributed by atoms with Gasteiger partial charge in [0.2, 0.25) is 0 Å². The molecule has 0 radical (unpaired) electrons. The molecular weight excluding hydrogens is 386 g/mol. The van der Waals surface area contributed by atoms with Crippen LogP contribution >= 0.6 is 11.6 Å². The zero-order valence-electron chi connectivity index (χ0n) is 14.9. The van der Waals surface area contributed by atoms with Gasteiger partial charge in [-0.05, 0) is 49.6 Å². The number of hydrogen-bond acceptors (Lipinski definition) is 5. The Balaban J connectivity index is 1.83. The van der Waals surface area contributed by atoms with E-state index in [0.29, 0.717) is 11.4 Å². The van der Waals surface area contributed by atoms with E-state index < -0.39 is 16.8 Å². The van der Waals surface area contributed by atoms with Gasteiger partial charge < -0.3 is 15.3 Å². The maximum absolute atomic E-state index is 12.5. The third kappa shape index (κ3) is 4.23. The van der Waals surface area contributed by atoms with Crippen molar-refractivity contribution < 1.29 is 19.6 Å². The summed E-state index contributed by atoms with van der Waals surface area (Å²) in [5.74, 6) is -1.72. The highest BCUT2D eigenvalue weighted by molar-refractivity contribution is 6.33. The Hall–Kier alpha value is -3.13. The molecule has 0 unspecified atom stereocenters. The number of nitrogens with one attached hydrogen (secondary N) is 1. The average Bonchev–Trinajstić information content (AvgIpc) is 2.68. The van der Waals surface area contributed by atoms with E-state index in [0.717, 1.165) is 32.4 Å². The number of nitrogens with zero attached hydrogens (tertiary/aromatic N) is 2. The first-order valence-electron chi connectivity index (χ1n) is 8.74. The molecule has 0 spiro atoms. The first-order chi connectivity index (χ1) is 13.4. The van der Waals surface area contributed by atoms with Gasteiger partial charge >= 0.3 is 5.97 Å². The Morgan fingerprint density at radius 1 is 1.11 bits per heavy atom. The average molecular weight is 404 g/mol. The predicted octanol–water partition coefficient (Wildman–Crippen LogP) is 4.19. The number of nitro benzene ring substituents is 1. The van der Waals surface area contributed by atoms with Crippen molar-refractivity contribution in [3.8, 4) is 0 Å². The molecular formula is C19H18ClN3O5. The van der Waals surface area contributed by atoms with Crippen molar-refractivity contribution in [1.82, 2.24) is 0 Å². The maximum atomic E-state index is 12.5. The first-order valence-corrected chi connectivity index (χ1v) is 9.12. The monoisotopic (exact) mass is 403 g/mol. The molecule has 1 heterocycles. The number of carbonyl (C=O) groups is 2. The number of halogens is 1. The highest BCUT2D eigenvalue weighted by atomic mass is 35.5. The summed E-state index contributed by atoms with van der Waals surface area (Å²) in [6, 6.07) is 8.40. The maximum Gasteiger partial charge on any atom is 0.337 e. The number of nitro groups is 1. The summed E-state index contributed by atoms with van der Waals surface area (Å²) >= 11 is 5.90. The lowest BCUT2D eigenvalue weighted by molar-refractivity contribution is -0.384. The van der Waals surface area contributed by atoms with Gasteiger partial charge in [-0.25, -0.2) is 4.79 Å². The number of amides is 1. The van der Waals surface area contributed by atoms with Gasteiger partial charge in [0.05, 0.1) is 15.5 Å². The molecule has 1 aliphatic heterocycles. The lowest BCUT2D eigenvalue weighted by atomic mass is 10.1. The molecule has 0 bridgehead atoms. The Labute approximate surface area is 165 Å². The lowest BCUT2D eigenvalue weighted by Gasteiger charge is -2.28. The fraction of sp³-hybridized carbons (Fsp3) is 0.263. The predicted molar refractivity (Wildman–Crippen MR) is 106 cm³/mol. The number of rotatable bonds is 5. The standard InChI is InChI=1S/C19H18ClN3O5/c20-15-11-13(5-6-14(15)19(25)26)21-18(24)12-4-7-16(17(10-12)23(27)28)22-8-2-1-3-9-22/h4-7,10-11H,1-3,8-9H2,(H,21,24)(H,25,26). The molecule has 1 fully saturated rings. The van der Waals surface area contributed by atoms with Crippen LogP contribution in [-0.4, -0.2) is 35.0 Å². The van der Waals surface area contributed by atoms with E-state index in [4.69, 9.17) is 16.7 Å². The van der Waals surface area contributed by atoms with Crippen molar-refractivity contribution in [1.29, 1.82) is 0 Å². The van der Waals surface area contributed by atoms with Crippen molar-refractivity contribution >= 4 is 40.5 Å². The van der Waals surface area contributed by atoms with Crippen LogP contribution in [0.4, 0.5) is 17.1 Å². The van der Waals surface area contributed by atoms with Crippen LogP contribution in [0.1, 0.15) is 40.0 Å². The fourth-order valence-corrected chi connectivity index (χ4v) is 3.44. The van der Waals surface area contributed by atoms with Crippen molar-refractivity contribution in [3.63, 3.8) is 0 Å². The SMILES string of the molecule is O=C(Nc1ccc(C(=O)O)c(Cl)c1)c1ccc(N2CCCCC2)c([N+](=O)[O-])c1. The third-order valence-electron chi connectivity index (χ3n) is 4.59. The van der Waals surface area contributed by atoms with Gasteiger partial charge in [0, 0.05) is 30.4 Å². The van der Waals surface area contributed by atoms with Crippen LogP contribution in [0.5, 0.6) is 0 Å². The molecule has 0 saturated carbocycles. The number of piperidine rings is 1. The number of aromatic carboxylic acids is 1. The highest BCUT2D eigenvalue weighted by Gasteiger charge is 2.23. The van der Waals surface area contributed by atoms with Crippen LogP contribution in [0.25, 0.3) is 0 Å².